The Labute approximate surface area is 194 Å². The normalized spacial score (nSPS) is 14.7. The molecule has 33 heavy (non-hydrogen) atoms. The number of hydrogen-bond donors (Lipinski definition) is 2. The molecule has 0 bridgehead atoms. The van der Waals surface area contributed by atoms with E-state index in [4.69, 9.17) is 4.74 Å². The molecule has 1 amide bonds. The van der Waals surface area contributed by atoms with Gasteiger partial charge in [0.15, 0.2) is 0 Å². The lowest BCUT2D eigenvalue weighted by Gasteiger charge is -2.35. The average molecular weight is 475 g/mol. The Morgan fingerprint density at radius 1 is 0.970 bits per heavy atom. The third kappa shape index (κ3) is 6.10. The van der Waals surface area contributed by atoms with E-state index in [0.717, 1.165) is 13.1 Å². The highest BCUT2D eigenvalue weighted by Gasteiger charge is 2.25. The van der Waals surface area contributed by atoms with Crippen LogP contribution in [0.4, 0.5) is 11.4 Å². The van der Waals surface area contributed by atoms with Gasteiger partial charge in [0.25, 0.3) is 5.91 Å². The number of hydrogen-bond acceptors (Lipinski definition) is 7. The summed E-state index contributed by atoms with van der Waals surface area (Å²) in [5, 5.41) is 2.75. The highest BCUT2D eigenvalue weighted by atomic mass is 32.2. The Bertz CT molecular complexity index is 1090. The Morgan fingerprint density at radius 3 is 2.21 bits per heavy atom. The van der Waals surface area contributed by atoms with Gasteiger partial charge in [-0.25, -0.2) is 17.9 Å². The van der Waals surface area contributed by atoms with Crippen molar-refractivity contribution in [1.29, 1.82) is 0 Å². The number of rotatable bonds is 8. The number of carbonyl (C=O) groups excluding carboxylic acids is 2. The summed E-state index contributed by atoms with van der Waals surface area (Å²) >= 11 is 0. The molecule has 0 spiro atoms. The number of ether oxygens (including phenoxy) is 1. The molecular formula is C23H30N4O5S. The molecule has 10 heteroatoms. The molecule has 1 heterocycles. The number of nitrogens with zero attached hydrogens (tertiary/aromatic N) is 2. The van der Waals surface area contributed by atoms with E-state index in [9.17, 15) is 18.0 Å². The highest BCUT2D eigenvalue weighted by molar-refractivity contribution is 7.89. The van der Waals surface area contributed by atoms with Crippen molar-refractivity contribution in [3.63, 3.8) is 0 Å². The van der Waals surface area contributed by atoms with E-state index in [2.05, 4.69) is 14.9 Å². The van der Waals surface area contributed by atoms with Gasteiger partial charge in [-0.2, -0.15) is 0 Å². The minimum atomic E-state index is -3.79. The number of likely N-dealkylation sites (N-methyl/N-ethyl adjacent to an activating group) is 1. The first-order valence-corrected chi connectivity index (χ1v) is 12.4. The third-order valence-electron chi connectivity index (χ3n) is 5.34. The standard InChI is InChI=1S/C23H30N4O5S/c1-4-24-33(30,31)21-16-18(8-11-20(21)27-14-12-26(3)13-15-27)22(28)25-19-9-6-17(7-10-19)23(29)32-5-2/h6-11,16,24H,4-5,12-15H2,1-3H3,(H,25,28). The van der Waals surface area contributed by atoms with Gasteiger partial charge in [-0.15, -0.1) is 0 Å². The molecule has 0 atom stereocenters. The van der Waals surface area contributed by atoms with Crippen LogP contribution < -0.4 is 14.9 Å². The summed E-state index contributed by atoms with van der Waals surface area (Å²) in [6.45, 7) is 7.01. The fourth-order valence-electron chi connectivity index (χ4n) is 3.55. The van der Waals surface area contributed by atoms with Gasteiger partial charge < -0.3 is 19.9 Å². The monoisotopic (exact) mass is 474 g/mol. The Morgan fingerprint density at radius 2 is 1.61 bits per heavy atom. The van der Waals surface area contributed by atoms with Crippen molar-refractivity contribution in [2.75, 3.05) is 56.6 Å². The smallest absolute Gasteiger partial charge is 0.338 e. The molecule has 2 aromatic carbocycles. The molecule has 0 aromatic heterocycles. The number of piperazine rings is 1. The molecule has 178 valence electrons. The van der Waals surface area contributed by atoms with E-state index in [1.165, 1.54) is 6.07 Å². The van der Waals surface area contributed by atoms with Gasteiger partial charge in [-0.1, -0.05) is 6.92 Å². The van der Waals surface area contributed by atoms with Crippen LogP contribution in [-0.4, -0.2) is 71.6 Å². The maximum atomic E-state index is 12.9. The van der Waals surface area contributed by atoms with Crippen LogP contribution in [0, 0.1) is 0 Å². The van der Waals surface area contributed by atoms with Gasteiger partial charge in [0.2, 0.25) is 10.0 Å². The van der Waals surface area contributed by atoms with Crippen molar-refractivity contribution < 1.29 is 22.7 Å². The Balaban J connectivity index is 1.85. The summed E-state index contributed by atoms with van der Waals surface area (Å²) in [5.41, 5.74) is 1.66. The molecule has 2 N–H and O–H groups in total. The Hall–Kier alpha value is -2.95. The summed E-state index contributed by atoms with van der Waals surface area (Å²) in [7, 11) is -1.76. The fourth-order valence-corrected chi connectivity index (χ4v) is 4.84. The minimum absolute atomic E-state index is 0.0826. The lowest BCUT2D eigenvalue weighted by Crippen LogP contribution is -2.45. The lowest BCUT2D eigenvalue weighted by molar-refractivity contribution is 0.0526. The molecule has 9 nitrogen and oxygen atoms in total. The predicted octanol–water partition coefficient (Wildman–Crippen LogP) is 2.17. The van der Waals surface area contributed by atoms with Gasteiger partial charge in [0.1, 0.15) is 4.90 Å². The molecular weight excluding hydrogens is 444 g/mol. The number of nitrogens with one attached hydrogen (secondary N) is 2. The first-order valence-electron chi connectivity index (χ1n) is 10.9. The predicted molar refractivity (Wildman–Crippen MR) is 127 cm³/mol. The van der Waals surface area contributed by atoms with Gasteiger partial charge in [0.05, 0.1) is 17.9 Å². The van der Waals surface area contributed by atoms with Crippen LogP contribution in [0.2, 0.25) is 0 Å². The molecule has 3 rings (SSSR count). The Kier molecular flexibility index (Phi) is 8.06. The number of sulfonamides is 1. The maximum Gasteiger partial charge on any atom is 0.338 e. The van der Waals surface area contributed by atoms with Gasteiger partial charge in [0, 0.05) is 44.0 Å². The number of benzene rings is 2. The molecule has 0 unspecified atom stereocenters. The first-order chi connectivity index (χ1) is 15.7. The molecule has 1 fully saturated rings. The second-order valence-electron chi connectivity index (χ2n) is 7.73. The number of esters is 1. The summed E-state index contributed by atoms with van der Waals surface area (Å²) < 4.78 is 33.3. The van der Waals surface area contributed by atoms with E-state index >= 15 is 0 Å². The van der Waals surface area contributed by atoms with Crippen LogP contribution in [0.3, 0.4) is 0 Å². The van der Waals surface area contributed by atoms with Gasteiger partial charge >= 0.3 is 5.97 Å². The zero-order valence-corrected chi connectivity index (χ0v) is 19.9. The van der Waals surface area contributed by atoms with Crippen molar-refractivity contribution in [2.45, 2.75) is 18.7 Å². The van der Waals surface area contributed by atoms with Crippen molar-refractivity contribution in [3.05, 3.63) is 53.6 Å². The van der Waals surface area contributed by atoms with E-state index in [1.807, 2.05) is 11.9 Å². The van der Waals surface area contributed by atoms with Crippen LogP contribution in [-0.2, 0) is 14.8 Å². The second-order valence-corrected chi connectivity index (χ2v) is 9.46. The van der Waals surface area contributed by atoms with Gasteiger partial charge in [-0.3, -0.25) is 4.79 Å². The van der Waals surface area contributed by atoms with E-state index in [-0.39, 0.29) is 23.6 Å². The summed E-state index contributed by atoms with van der Waals surface area (Å²) in [6.07, 6.45) is 0. The van der Waals surface area contributed by atoms with Crippen molar-refractivity contribution in [3.8, 4) is 0 Å². The largest absolute Gasteiger partial charge is 0.462 e. The number of anilines is 2. The summed E-state index contributed by atoms with van der Waals surface area (Å²) in [6, 6.07) is 11.0. The van der Waals surface area contributed by atoms with Crippen LogP contribution in [0.5, 0.6) is 0 Å². The topological polar surface area (TPSA) is 108 Å². The number of carbonyl (C=O) groups is 2. The van der Waals surface area contributed by atoms with E-state index in [0.29, 0.717) is 30.0 Å². The molecule has 0 radical (unpaired) electrons. The molecule has 0 aliphatic carbocycles. The minimum Gasteiger partial charge on any atom is -0.462 e. The summed E-state index contributed by atoms with van der Waals surface area (Å²) in [5.74, 6) is -0.884. The number of amides is 1. The second kappa shape index (κ2) is 10.8. The molecule has 2 aromatic rings. The zero-order chi connectivity index (χ0) is 24.0. The molecule has 1 aliphatic heterocycles. The van der Waals surface area contributed by atoms with Gasteiger partial charge in [-0.05, 0) is 56.4 Å². The molecule has 0 saturated carbocycles. The van der Waals surface area contributed by atoms with Crippen molar-refractivity contribution >= 4 is 33.3 Å². The van der Waals surface area contributed by atoms with Crippen LogP contribution in [0.25, 0.3) is 0 Å². The average Bonchev–Trinajstić information content (AvgIpc) is 2.80. The highest BCUT2D eigenvalue weighted by Crippen LogP contribution is 2.28. The fraction of sp³-hybridized carbons (Fsp3) is 0.391. The van der Waals surface area contributed by atoms with Crippen LogP contribution in [0.1, 0.15) is 34.6 Å². The third-order valence-corrected chi connectivity index (χ3v) is 6.92. The SMILES string of the molecule is CCNS(=O)(=O)c1cc(C(=O)Nc2ccc(C(=O)OCC)cc2)ccc1N1CCN(C)CC1. The summed E-state index contributed by atoms with van der Waals surface area (Å²) in [4.78, 5) is 28.9. The van der Waals surface area contributed by atoms with Crippen LogP contribution in [0.15, 0.2) is 47.4 Å². The molecule has 1 aliphatic rings. The van der Waals surface area contributed by atoms with Crippen molar-refractivity contribution in [1.82, 2.24) is 9.62 Å². The van der Waals surface area contributed by atoms with Crippen molar-refractivity contribution in [2.24, 2.45) is 0 Å². The van der Waals surface area contributed by atoms with Crippen LogP contribution >= 0.6 is 0 Å². The first kappa shape index (κ1) is 24.7. The quantitative estimate of drug-likeness (QED) is 0.565. The lowest BCUT2D eigenvalue weighted by atomic mass is 10.1. The maximum absolute atomic E-state index is 12.9. The van der Waals surface area contributed by atoms with E-state index < -0.39 is 21.9 Å². The van der Waals surface area contributed by atoms with E-state index in [1.54, 1.807) is 50.2 Å². The molecule has 1 saturated heterocycles. The zero-order valence-electron chi connectivity index (χ0n) is 19.1.